The highest BCUT2D eigenvalue weighted by Crippen LogP contribution is 2.33. The van der Waals surface area contributed by atoms with Gasteiger partial charge >= 0.3 is 0 Å². The molecule has 0 atom stereocenters. The topological polar surface area (TPSA) is 93.4 Å². The van der Waals surface area contributed by atoms with Crippen LogP contribution in [0.4, 0.5) is 10.1 Å². The number of halogens is 1. The highest BCUT2D eigenvalue weighted by atomic mass is 19.1. The number of carbonyl (C=O) groups is 1. The SMILES string of the molecule is Cc1nc(OCC(=O)NCc2ccc(N(C)C)cc2)c2c(-c3ccc(F)cc3)noc2n1. The molecule has 0 bridgehead atoms. The lowest BCUT2D eigenvalue weighted by Crippen LogP contribution is -2.28. The smallest absolute Gasteiger partial charge is 0.265 e. The number of nitrogens with zero attached hydrogens (tertiary/aromatic N) is 4. The van der Waals surface area contributed by atoms with Crippen molar-refractivity contribution in [2.75, 3.05) is 25.6 Å². The molecule has 164 valence electrons. The minimum absolute atomic E-state index is 0.179. The average molecular weight is 435 g/mol. The lowest BCUT2D eigenvalue weighted by atomic mass is 10.1. The fourth-order valence-electron chi connectivity index (χ4n) is 3.13. The fraction of sp³-hybridized carbons (Fsp3) is 0.217. The van der Waals surface area contributed by atoms with Gasteiger partial charge in [-0.2, -0.15) is 9.97 Å². The number of anilines is 1. The monoisotopic (exact) mass is 435 g/mol. The summed E-state index contributed by atoms with van der Waals surface area (Å²) in [6.07, 6.45) is 0. The van der Waals surface area contributed by atoms with Crippen LogP contribution >= 0.6 is 0 Å². The maximum Gasteiger partial charge on any atom is 0.265 e. The Morgan fingerprint density at radius 3 is 2.50 bits per heavy atom. The molecule has 0 aliphatic heterocycles. The van der Waals surface area contributed by atoms with Gasteiger partial charge in [-0.3, -0.25) is 4.79 Å². The zero-order chi connectivity index (χ0) is 22.7. The molecule has 2 aromatic carbocycles. The Morgan fingerprint density at radius 1 is 1.09 bits per heavy atom. The molecule has 0 aliphatic carbocycles. The van der Waals surface area contributed by atoms with Crippen molar-refractivity contribution >= 4 is 22.7 Å². The summed E-state index contributed by atoms with van der Waals surface area (Å²) in [6.45, 7) is 1.82. The van der Waals surface area contributed by atoms with Crippen molar-refractivity contribution in [2.24, 2.45) is 0 Å². The van der Waals surface area contributed by atoms with Crippen molar-refractivity contribution in [1.29, 1.82) is 0 Å². The normalized spacial score (nSPS) is 10.9. The first-order valence-electron chi connectivity index (χ1n) is 9.96. The third-order valence-electron chi connectivity index (χ3n) is 4.81. The van der Waals surface area contributed by atoms with Gasteiger partial charge in [0.25, 0.3) is 11.6 Å². The van der Waals surface area contributed by atoms with Gasteiger partial charge < -0.3 is 19.5 Å². The van der Waals surface area contributed by atoms with Crippen molar-refractivity contribution in [3.05, 3.63) is 65.7 Å². The molecule has 0 saturated heterocycles. The molecule has 8 nitrogen and oxygen atoms in total. The molecule has 0 spiro atoms. The summed E-state index contributed by atoms with van der Waals surface area (Å²) in [5, 5.41) is 7.29. The van der Waals surface area contributed by atoms with Crippen molar-refractivity contribution in [3.63, 3.8) is 0 Å². The van der Waals surface area contributed by atoms with Crippen molar-refractivity contribution in [3.8, 4) is 17.1 Å². The van der Waals surface area contributed by atoms with Gasteiger partial charge in [0.1, 0.15) is 22.7 Å². The molecule has 1 amide bonds. The van der Waals surface area contributed by atoms with E-state index in [9.17, 15) is 9.18 Å². The van der Waals surface area contributed by atoms with Crippen LogP contribution in [0.15, 0.2) is 53.1 Å². The molecule has 4 rings (SSSR count). The number of benzene rings is 2. The summed E-state index contributed by atoms with van der Waals surface area (Å²) in [5.74, 6) is -0.0710. The highest BCUT2D eigenvalue weighted by Gasteiger charge is 2.20. The van der Waals surface area contributed by atoms with Crippen LogP contribution < -0.4 is 15.0 Å². The zero-order valence-corrected chi connectivity index (χ0v) is 17.9. The molecule has 0 aliphatic rings. The molecule has 0 unspecified atom stereocenters. The first-order valence-corrected chi connectivity index (χ1v) is 9.96. The number of ether oxygens (including phenoxy) is 1. The quantitative estimate of drug-likeness (QED) is 0.475. The van der Waals surface area contributed by atoms with Crippen LogP contribution in [-0.2, 0) is 11.3 Å². The average Bonchev–Trinajstić information content (AvgIpc) is 3.20. The number of fused-ring (bicyclic) bond motifs is 1. The van der Waals surface area contributed by atoms with E-state index in [1.807, 2.05) is 43.3 Å². The third-order valence-corrected chi connectivity index (χ3v) is 4.81. The van der Waals surface area contributed by atoms with Crippen molar-refractivity contribution < 1.29 is 18.4 Å². The summed E-state index contributed by atoms with van der Waals surface area (Å²) >= 11 is 0. The van der Waals surface area contributed by atoms with Gasteiger partial charge in [0.15, 0.2) is 6.61 Å². The van der Waals surface area contributed by atoms with Crippen LogP contribution in [0.5, 0.6) is 5.88 Å². The summed E-state index contributed by atoms with van der Waals surface area (Å²) in [6, 6.07) is 13.7. The minimum atomic E-state index is -0.363. The highest BCUT2D eigenvalue weighted by molar-refractivity contribution is 5.93. The first-order chi connectivity index (χ1) is 15.4. The van der Waals surface area contributed by atoms with Gasteiger partial charge in [0, 0.05) is 31.9 Å². The largest absolute Gasteiger partial charge is 0.467 e. The lowest BCUT2D eigenvalue weighted by Gasteiger charge is -2.13. The van der Waals surface area contributed by atoms with Crippen LogP contribution in [0, 0.1) is 12.7 Å². The van der Waals surface area contributed by atoms with E-state index in [1.54, 1.807) is 19.1 Å². The van der Waals surface area contributed by atoms with Gasteiger partial charge in [-0.25, -0.2) is 4.39 Å². The number of hydrogen-bond donors (Lipinski definition) is 1. The Morgan fingerprint density at radius 2 is 1.81 bits per heavy atom. The van der Waals surface area contributed by atoms with Crippen LogP contribution in [0.3, 0.4) is 0 Å². The zero-order valence-electron chi connectivity index (χ0n) is 17.9. The van der Waals surface area contributed by atoms with E-state index < -0.39 is 0 Å². The van der Waals surface area contributed by atoms with Gasteiger partial charge in [0.2, 0.25) is 5.88 Å². The maximum atomic E-state index is 13.3. The predicted octanol–water partition coefficient (Wildman–Crippen LogP) is 3.49. The van der Waals surface area contributed by atoms with E-state index in [0.29, 0.717) is 29.0 Å². The number of aryl methyl sites for hydroxylation is 1. The number of hydrogen-bond acceptors (Lipinski definition) is 7. The predicted molar refractivity (Wildman–Crippen MR) is 118 cm³/mol. The number of carbonyl (C=O) groups excluding carboxylic acids is 1. The lowest BCUT2D eigenvalue weighted by molar-refractivity contribution is -0.123. The van der Waals surface area contributed by atoms with Crippen LogP contribution in [0.25, 0.3) is 22.4 Å². The Labute approximate surface area is 184 Å². The Bertz CT molecular complexity index is 1240. The summed E-state index contributed by atoms with van der Waals surface area (Å²) in [4.78, 5) is 22.9. The summed E-state index contributed by atoms with van der Waals surface area (Å²) in [5.41, 5.74) is 3.32. The molecule has 2 heterocycles. The molecular weight excluding hydrogens is 413 g/mol. The van der Waals surface area contributed by atoms with E-state index in [1.165, 1.54) is 12.1 Å². The van der Waals surface area contributed by atoms with Gasteiger partial charge in [0.05, 0.1) is 0 Å². The van der Waals surface area contributed by atoms with E-state index in [-0.39, 0.29) is 29.9 Å². The van der Waals surface area contributed by atoms with Gasteiger partial charge in [-0.15, -0.1) is 0 Å². The fourth-order valence-corrected chi connectivity index (χ4v) is 3.13. The second-order valence-electron chi connectivity index (χ2n) is 7.42. The molecule has 0 fully saturated rings. The van der Waals surface area contributed by atoms with E-state index in [2.05, 4.69) is 20.4 Å². The van der Waals surface area contributed by atoms with Crippen LogP contribution in [0.2, 0.25) is 0 Å². The molecule has 9 heteroatoms. The second-order valence-corrected chi connectivity index (χ2v) is 7.42. The molecule has 4 aromatic rings. The minimum Gasteiger partial charge on any atom is -0.467 e. The first kappa shape index (κ1) is 21.2. The molecular formula is C23H22FN5O3. The summed E-state index contributed by atoms with van der Waals surface area (Å²) < 4.78 is 24.3. The Kier molecular flexibility index (Phi) is 5.98. The molecule has 2 aromatic heterocycles. The molecule has 32 heavy (non-hydrogen) atoms. The summed E-state index contributed by atoms with van der Waals surface area (Å²) in [7, 11) is 3.94. The standard InChI is InChI=1S/C23H22FN5O3/c1-14-26-22(20-21(28-32-23(20)27-14)16-6-8-17(24)9-7-16)31-13-19(30)25-12-15-4-10-18(11-5-15)29(2)3/h4-11H,12-13H2,1-3H3,(H,25,30). The Hall–Kier alpha value is -4.01. The van der Waals surface area contributed by atoms with Gasteiger partial charge in [-0.1, -0.05) is 17.3 Å². The third kappa shape index (κ3) is 4.66. The Balaban J connectivity index is 1.47. The number of rotatable bonds is 7. The molecule has 0 radical (unpaired) electrons. The van der Waals surface area contributed by atoms with Crippen LogP contribution in [-0.4, -0.2) is 41.7 Å². The van der Waals surface area contributed by atoms with Gasteiger partial charge in [-0.05, 0) is 48.9 Å². The number of aromatic nitrogens is 3. The van der Waals surface area contributed by atoms with E-state index in [4.69, 9.17) is 9.26 Å². The maximum absolute atomic E-state index is 13.3. The molecule has 0 saturated carbocycles. The van der Waals surface area contributed by atoms with Crippen molar-refractivity contribution in [1.82, 2.24) is 20.4 Å². The molecule has 1 N–H and O–H groups in total. The van der Waals surface area contributed by atoms with E-state index >= 15 is 0 Å². The van der Waals surface area contributed by atoms with E-state index in [0.717, 1.165) is 11.3 Å². The second kappa shape index (κ2) is 9.01. The van der Waals surface area contributed by atoms with Crippen molar-refractivity contribution in [2.45, 2.75) is 13.5 Å². The van der Waals surface area contributed by atoms with Crippen LogP contribution in [0.1, 0.15) is 11.4 Å². The number of nitrogens with one attached hydrogen (secondary N) is 1. The number of amides is 1.